The Labute approximate surface area is 129 Å². The minimum Gasteiger partial charge on any atom is -0.303 e. The summed E-state index contributed by atoms with van der Waals surface area (Å²) in [5.74, 6) is 2.29. The minimum absolute atomic E-state index is 0.0545. The van der Waals surface area contributed by atoms with Crippen molar-refractivity contribution in [3.63, 3.8) is 0 Å². The first-order valence-corrected chi connectivity index (χ1v) is 9.08. The van der Waals surface area contributed by atoms with E-state index in [4.69, 9.17) is 0 Å². The summed E-state index contributed by atoms with van der Waals surface area (Å²) in [4.78, 5) is 11.8. The van der Waals surface area contributed by atoms with Gasteiger partial charge in [-0.15, -0.1) is 0 Å². The van der Waals surface area contributed by atoms with Crippen LogP contribution in [0.15, 0.2) is 12.2 Å². The summed E-state index contributed by atoms with van der Waals surface area (Å²) in [6.45, 7) is 9.19. The highest BCUT2D eigenvalue weighted by Gasteiger charge is 2.63. The third-order valence-electron chi connectivity index (χ3n) is 8.37. The fourth-order valence-corrected chi connectivity index (χ4v) is 7.54. The minimum atomic E-state index is -0.0545. The topological polar surface area (TPSA) is 17.1 Å². The number of rotatable bonds is 1. The maximum absolute atomic E-state index is 11.8. The first-order chi connectivity index (χ1) is 9.94. The summed E-state index contributed by atoms with van der Waals surface area (Å²) in [5.41, 5.74) is 2.46. The smallest absolute Gasteiger partial charge is 0.126 e. The Morgan fingerprint density at radius 3 is 2.67 bits per heavy atom. The van der Waals surface area contributed by atoms with Gasteiger partial charge in [-0.25, -0.2) is 0 Å². The van der Waals surface area contributed by atoms with Crippen molar-refractivity contribution in [1.82, 2.24) is 0 Å². The van der Waals surface area contributed by atoms with Crippen molar-refractivity contribution in [3.8, 4) is 0 Å². The van der Waals surface area contributed by atoms with Gasteiger partial charge < -0.3 is 4.79 Å². The molecule has 21 heavy (non-hydrogen) atoms. The Morgan fingerprint density at radius 1 is 1.10 bits per heavy atom. The number of carbonyl (C=O) groups excluding carboxylic acids is 1. The Morgan fingerprint density at radius 2 is 1.90 bits per heavy atom. The van der Waals surface area contributed by atoms with E-state index in [-0.39, 0.29) is 5.41 Å². The molecule has 0 aromatic carbocycles. The molecule has 116 valence electrons. The second kappa shape index (κ2) is 4.24. The number of hydrogen-bond acceptors (Lipinski definition) is 1. The van der Waals surface area contributed by atoms with Crippen molar-refractivity contribution in [1.29, 1.82) is 0 Å². The summed E-state index contributed by atoms with van der Waals surface area (Å²) in [5, 5.41) is 0. The van der Waals surface area contributed by atoms with Crippen LogP contribution in [-0.2, 0) is 4.79 Å². The molecule has 2 bridgehead atoms. The van der Waals surface area contributed by atoms with E-state index in [1.165, 1.54) is 57.7 Å². The summed E-state index contributed by atoms with van der Waals surface area (Å²) in [6.07, 6.45) is 13.1. The summed E-state index contributed by atoms with van der Waals surface area (Å²) in [7, 11) is 0. The predicted molar refractivity (Wildman–Crippen MR) is 85.9 cm³/mol. The molecule has 4 aliphatic carbocycles. The van der Waals surface area contributed by atoms with Crippen LogP contribution >= 0.6 is 0 Å². The normalized spacial score (nSPS) is 55.7. The molecule has 4 aliphatic rings. The summed E-state index contributed by atoms with van der Waals surface area (Å²) < 4.78 is 0. The molecule has 4 saturated carbocycles. The van der Waals surface area contributed by atoms with E-state index >= 15 is 0 Å². The van der Waals surface area contributed by atoms with Crippen LogP contribution < -0.4 is 0 Å². The van der Waals surface area contributed by atoms with Gasteiger partial charge in [0.1, 0.15) is 6.29 Å². The molecule has 4 rings (SSSR count). The number of hydrogen-bond donors (Lipinski definition) is 0. The highest BCUT2D eigenvalue weighted by atomic mass is 16.1. The van der Waals surface area contributed by atoms with E-state index in [2.05, 4.69) is 20.4 Å². The van der Waals surface area contributed by atoms with Crippen molar-refractivity contribution in [3.05, 3.63) is 12.2 Å². The van der Waals surface area contributed by atoms with Gasteiger partial charge in [0.05, 0.1) is 0 Å². The number of allylic oxidation sites excluding steroid dienone is 1. The van der Waals surface area contributed by atoms with E-state index < -0.39 is 0 Å². The second-order valence-corrected chi connectivity index (χ2v) is 9.30. The van der Waals surface area contributed by atoms with Gasteiger partial charge in [0.2, 0.25) is 0 Å². The molecular weight excluding hydrogens is 256 g/mol. The number of fused-ring (bicyclic) bond motifs is 3. The lowest BCUT2D eigenvalue weighted by Gasteiger charge is -2.63. The lowest BCUT2D eigenvalue weighted by Crippen LogP contribution is -2.56. The van der Waals surface area contributed by atoms with Crippen molar-refractivity contribution in [2.24, 2.45) is 34.0 Å². The van der Waals surface area contributed by atoms with Gasteiger partial charge in [0.25, 0.3) is 0 Å². The number of aldehydes is 1. The molecule has 0 amide bonds. The van der Waals surface area contributed by atoms with Gasteiger partial charge in [0.15, 0.2) is 0 Å². The van der Waals surface area contributed by atoms with E-state index in [1.54, 1.807) is 5.57 Å². The Hall–Kier alpha value is -0.590. The van der Waals surface area contributed by atoms with Gasteiger partial charge in [0, 0.05) is 5.41 Å². The quantitative estimate of drug-likeness (QED) is 0.481. The highest BCUT2D eigenvalue weighted by molar-refractivity contribution is 5.60. The average molecular weight is 286 g/mol. The van der Waals surface area contributed by atoms with Crippen LogP contribution in [0.5, 0.6) is 0 Å². The van der Waals surface area contributed by atoms with Gasteiger partial charge in [-0.3, -0.25) is 0 Å². The molecule has 1 heteroatoms. The second-order valence-electron chi connectivity index (χ2n) is 9.30. The first-order valence-electron chi connectivity index (χ1n) is 9.08. The van der Waals surface area contributed by atoms with Crippen molar-refractivity contribution >= 4 is 6.29 Å². The third-order valence-corrected chi connectivity index (χ3v) is 8.37. The monoisotopic (exact) mass is 286 g/mol. The first kappa shape index (κ1) is 14.0. The molecule has 0 heterocycles. The molecule has 0 radical (unpaired) electrons. The number of carbonyl (C=O) groups is 1. The van der Waals surface area contributed by atoms with Crippen LogP contribution in [-0.4, -0.2) is 6.29 Å². The molecular formula is C20H30O. The fraction of sp³-hybridized carbons (Fsp3) is 0.850. The Balaban J connectivity index is 1.75. The molecule has 0 aromatic heterocycles. The maximum atomic E-state index is 11.8. The van der Waals surface area contributed by atoms with E-state index in [0.717, 1.165) is 18.3 Å². The maximum Gasteiger partial charge on any atom is 0.126 e. The molecule has 1 spiro atoms. The SMILES string of the molecule is C=C1C[C@@]23CC[C@H]4[C@@](C)(CCC[C@@]4(C)C=O)[C@@H]2CCC1C3. The molecule has 0 aliphatic heterocycles. The fourth-order valence-electron chi connectivity index (χ4n) is 7.54. The molecule has 1 unspecified atom stereocenters. The van der Waals surface area contributed by atoms with Gasteiger partial charge in [-0.2, -0.15) is 0 Å². The van der Waals surface area contributed by atoms with Gasteiger partial charge in [-0.1, -0.05) is 32.4 Å². The molecule has 1 nitrogen and oxygen atoms in total. The predicted octanol–water partition coefficient (Wildman–Crippen LogP) is 5.15. The standard InChI is InChI=1S/C20H30O/c1-14-11-20-10-7-16-18(2,13-21)8-4-9-19(16,3)17(20)6-5-15(14)12-20/h13,15-17H,1,4-12H2,2-3H3/t15?,16-,17+,18+,19-,20-/m1/s1. The highest BCUT2D eigenvalue weighted by Crippen LogP contribution is 2.71. The largest absolute Gasteiger partial charge is 0.303 e. The van der Waals surface area contributed by atoms with Crippen molar-refractivity contribution in [2.45, 2.75) is 71.6 Å². The van der Waals surface area contributed by atoms with Crippen molar-refractivity contribution < 1.29 is 4.79 Å². The molecule has 0 aromatic rings. The van der Waals surface area contributed by atoms with E-state index in [9.17, 15) is 4.79 Å². The van der Waals surface area contributed by atoms with Crippen LogP contribution in [0.2, 0.25) is 0 Å². The lowest BCUT2D eigenvalue weighted by atomic mass is 9.41. The molecule has 0 saturated heterocycles. The Bertz CT molecular complexity index is 494. The Kier molecular flexibility index (Phi) is 2.83. The van der Waals surface area contributed by atoms with Gasteiger partial charge in [-0.05, 0) is 80.0 Å². The third kappa shape index (κ3) is 1.67. The zero-order valence-corrected chi connectivity index (χ0v) is 13.8. The van der Waals surface area contributed by atoms with Crippen molar-refractivity contribution in [2.75, 3.05) is 0 Å². The summed E-state index contributed by atoms with van der Waals surface area (Å²) in [6, 6.07) is 0. The molecule has 4 fully saturated rings. The average Bonchev–Trinajstić information content (AvgIpc) is 2.68. The van der Waals surface area contributed by atoms with Crippen LogP contribution in [0.3, 0.4) is 0 Å². The van der Waals surface area contributed by atoms with Gasteiger partial charge >= 0.3 is 0 Å². The zero-order valence-electron chi connectivity index (χ0n) is 13.8. The zero-order chi connectivity index (χ0) is 14.9. The lowest BCUT2D eigenvalue weighted by molar-refractivity contribution is -0.157. The molecule has 0 N–H and O–H groups in total. The van der Waals surface area contributed by atoms with E-state index in [0.29, 0.717) is 16.7 Å². The van der Waals surface area contributed by atoms with Crippen LogP contribution in [0, 0.1) is 34.0 Å². The van der Waals surface area contributed by atoms with Crippen LogP contribution in [0.1, 0.15) is 71.6 Å². The summed E-state index contributed by atoms with van der Waals surface area (Å²) >= 11 is 0. The molecule has 6 atom stereocenters. The van der Waals surface area contributed by atoms with Crippen LogP contribution in [0.25, 0.3) is 0 Å². The van der Waals surface area contributed by atoms with Crippen LogP contribution in [0.4, 0.5) is 0 Å². The van der Waals surface area contributed by atoms with E-state index in [1.807, 2.05) is 0 Å².